The van der Waals surface area contributed by atoms with E-state index < -0.39 is 11.9 Å². The SMILES string of the molecule is C/C=C(\C=C/Nc1nc(Nc2ccc(C(=O)O)cc2)nc(Nc2ccc(C(=O)OC)cc2)n1)N(C)C. The molecule has 1 aromatic heterocycles. The molecule has 0 aliphatic heterocycles. The molecule has 0 saturated heterocycles. The highest BCUT2D eigenvalue weighted by molar-refractivity contribution is 5.90. The van der Waals surface area contributed by atoms with Gasteiger partial charge < -0.3 is 30.7 Å². The van der Waals surface area contributed by atoms with Crippen LogP contribution in [0.25, 0.3) is 0 Å². The van der Waals surface area contributed by atoms with Crippen LogP contribution in [-0.4, -0.2) is 58.1 Å². The van der Waals surface area contributed by atoms with Crippen LogP contribution >= 0.6 is 0 Å². The van der Waals surface area contributed by atoms with E-state index in [0.29, 0.717) is 16.9 Å². The van der Waals surface area contributed by atoms with Crippen molar-refractivity contribution in [2.45, 2.75) is 6.92 Å². The van der Waals surface area contributed by atoms with Crippen LogP contribution in [0.4, 0.5) is 29.2 Å². The lowest BCUT2D eigenvalue weighted by Gasteiger charge is -2.13. The van der Waals surface area contributed by atoms with Crippen LogP contribution in [-0.2, 0) is 4.74 Å². The molecule has 186 valence electrons. The van der Waals surface area contributed by atoms with E-state index >= 15 is 0 Å². The summed E-state index contributed by atoms with van der Waals surface area (Å²) >= 11 is 0. The number of allylic oxidation sites excluding steroid dienone is 2. The van der Waals surface area contributed by atoms with Gasteiger partial charge in [0.1, 0.15) is 0 Å². The topological polar surface area (TPSA) is 142 Å². The van der Waals surface area contributed by atoms with Crippen LogP contribution in [0.5, 0.6) is 0 Å². The molecular weight excluding hydrogens is 462 g/mol. The van der Waals surface area contributed by atoms with Gasteiger partial charge in [-0.2, -0.15) is 15.0 Å². The fraction of sp³-hybridized carbons (Fsp3) is 0.160. The van der Waals surface area contributed by atoms with E-state index in [0.717, 1.165) is 5.70 Å². The van der Waals surface area contributed by atoms with Crippen molar-refractivity contribution in [3.63, 3.8) is 0 Å². The van der Waals surface area contributed by atoms with Gasteiger partial charge in [0, 0.05) is 37.4 Å². The molecule has 0 unspecified atom stereocenters. The molecule has 0 saturated carbocycles. The summed E-state index contributed by atoms with van der Waals surface area (Å²) in [7, 11) is 5.20. The Kier molecular flexibility index (Phi) is 8.54. The van der Waals surface area contributed by atoms with Crippen molar-refractivity contribution in [1.29, 1.82) is 0 Å². The molecule has 2 aromatic carbocycles. The number of likely N-dealkylation sites (N-methyl/N-ethyl adjacent to an activating group) is 1. The third-order valence-corrected chi connectivity index (χ3v) is 4.86. The Morgan fingerprint density at radius 3 is 1.81 bits per heavy atom. The number of ether oxygens (including phenoxy) is 1. The number of nitrogens with one attached hydrogen (secondary N) is 3. The normalized spacial score (nSPS) is 11.2. The largest absolute Gasteiger partial charge is 0.478 e. The van der Waals surface area contributed by atoms with Crippen LogP contribution < -0.4 is 16.0 Å². The number of rotatable bonds is 10. The lowest BCUT2D eigenvalue weighted by atomic mass is 10.2. The average molecular weight is 490 g/mol. The van der Waals surface area contributed by atoms with E-state index in [1.54, 1.807) is 42.6 Å². The molecule has 0 bridgehead atoms. The Hall–Kier alpha value is -4.93. The minimum atomic E-state index is -1.01. The number of benzene rings is 2. The van der Waals surface area contributed by atoms with Crippen molar-refractivity contribution in [1.82, 2.24) is 19.9 Å². The van der Waals surface area contributed by atoms with Crippen molar-refractivity contribution in [2.24, 2.45) is 0 Å². The predicted molar refractivity (Wildman–Crippen MR) is 138 cm³/mol. The Morgan fingerprint density at radius 1 is 0.861 bits per heavy atom. The smallest absolute Gasteiger partial charge is 0.337 e. The second-order valence-corrected chi connectivity index (χ2v) is 7.59. The predicted octanol–water partition coefficient (Wildman–Crippen LogP) is 4.23. The molecule has 0 radical (unpaired) electrons. The first-order valence-electron chi connectivity index (χ1n) is 10.9. The van der Waals surface area contributed by atoms with Gasteiger partial charge in [-0.05, 0) is 61.5 Å². The summed E-state index contributed by atoms with van der Waals surface area (Å²) in [5, 5.41) is 18.3. The fourth-order valence-corrected chi connectivity index (χ4v) is 3.02. The number of nitrogens with zero attached hydrogens (tertiary/aromatic N) is 4. The second-order valence-electron chi connectivity index (χ2n) is 7.59. The maximum absolute atomic E-state index is 11.7. The van der Waals surface area contributed by atoms with Crippen LogP contribution in [0.15, 0.2) is 72.6 Å². The van der Waals surface area contributed by atoms with Gasteiger partial charge in [-0.1, -0.05) is 6.08 Å². The zero-order valence-corrected chi connectivity index (χ0v) is 20.3. The minimum absolute atomic E-state index is 0.169. The number of carboxylic acids is 1. The summed E-state index contributed by atoms with van der Waals surface area (Å²) in [5.41, 5.74) is 2.82. The summed E-state index contributed by atoms with van der Waals surface area (Å²) in [4.78, 5) is 38.0. The molecule has 11 nitrogen and oxygen atoms in total. The van der Waals surface area contributed by atoms with Crippen LogP contribution in [0, 0.1) is 0 Å². The molecule has 0 atom stereocenters. The molecule has 0 aliphatic rings. The van der Waals surface area contributed by atoms with Gasteiger partial charge in [0.15, 0.2) is 0 Å². The first-order valence-corrected chi connectivity index (χ1v) is 10.9. The number of aromatic carboxylic acids is 1. The first kappa shape index (κ1) is 25.7. The van der Waals surface area contributed by atoms with Gasteiger partial charge in [-0.3, -0.25) is 0 Å². The second kappa shape index (κ2) is 12.0. The fourth-order valence-electron chi connectivity index (χ4n) is 3.02. The standard InChI is InChI=1S/C25H27N7O4/c1-5-20(32(2)3)14-15-26-23-29-24(27-18-10-6-16(7-11-18)21(33)34)31-25(30-23)28-19-12-8-17(9-13-19)22(35)36-4/h5-15H,1-4H3,(H,33,34)(H3,26,27,28,29,30,31)/b15-14-,20-5+. The molecule has 3 rings (SSSR count). The monoisotopic (exact) mass is 489 g/mol. The number of hydrogen-bond acceptors (Lipinski definition) is 10. The maximum atomic E-state index is 11.7. The molecule has 4 N–H and O–H groups in total. The summed E-state index contributed by atoms with van der Waals surface area (Å²) in [6, 6.07) is 12.9. The summed E-state index contributed by atoms with van der Waals surface area (Å²) in [6.45, 7) is 1.94. The summed E-state index contributed by atoms with van der Waals surface area (Å²) in [5.74, 6) is -0.693. The highest BCUT2D eigenvalue weighted by Crippen LogP contribution is 2.20. The highest BCUT2D eigenvalue weighted by atomic mass is 16.5. The zero-order chi connectivity index (χ0) is 26.1. The Balaban J connectivity index is 1.87. The van der Waals surface area contributed by atoms with Gasteiger partial charge in [0.2, 0.25) is 17.8 Å². The highest BCUT2D eigenvalue weighted by Gasteiger charge is 2.10. The van der Waals surface area contributed by atoms with Crippen molar-refractivity contribution < 1.29 is 19.4 Å². The van der Waals surface area contributed by atoms with Gasteiger partial charge in [0.25, 0.3) is 0 Å². The number of methoxy groups -OCH3 is 1. The molecule has 3 aromatic rings. The third-order valence-electron chi connectivity index (χ3n) is 4.86. The first-order chi connectivity index (χ1) is 17.3. The molecule has 0 amide bonds. The number of carbonyl (C=O) groups is 2. The van der Waals surface area contributed by atoms with Crippen molar-refractivity contribution in [3.8, 4) is 0 Å². The summed E-state index contributed by atoms with van der Waals surface area (Å²) < 4.78 is 4.73. The summed E-state index contributed by atoms with van der Waals surface area (Å²) in [6.07, 6.45) is 5.55. The number of carbonyl (C=O) groups excluding carboxylic acids is 1. The molecular formula is C25H27N7O4. The number of esters is 1. The Labute approximate surface area is 208 Å². The molecule has 0 spiro atoms. The van der Waals surface area contributed by atoms with Gasteiger partial charge in [0.05, 0.1) is 18.2 Å². The number of carboxylic acid groups (broad SMARTS) is 1. The van der Waals surface area contributed by atoms with Crippen molar-refractivity contribution >= 4 is 41.2 Å². The van der Waals surface area contributed by atoms with Crippen LogP contribution in [0.1, 0.15) is 27.6 Å². The van der Waals surface area contributed by atoms with Gasteiger partial charge in [-0.15, -0.1) is 0 Å². The molecule has 0 aliphatic carbocycles. The Morgan fingerprint density at radius 2 is 1.36 bits per heavy atom. The van der Waals surface area contributed by atoms with Crippen molar-refractivity contribution in [3.05, 3.63) is 83.7 Å². The van der Waals surface area contributed by atoms with E-state index in [9.17, 15) is 9.59 Å². The number of hydrogen-bond donors (Lipinski definition) is 4. The van der Waals surface area contributed by atoms with E-state index in [4.69, 9.17) is 9.84 Å². The molecule has 11 heteroatoms. The van der Waals surface area contributed by atoms with Gasteiger partial charge in [-0.25, -0.2) is 9.59 Å². The van der Waals surface area contributed by atoms with E-state index in [1.807, 2.05) is 38.1 Å². The molecule has 1 heterocycles. The van der Waals surface area contributed by atoms with E-state index in [2.05, 4.69) is 30.9 Å². The number of anilines is 5. The average Bonchev–Trinajstić information content (AvgIpc) is 2.86. The lowest BCUT2D eigenvalue weighted by Crippen LogP contribution is -2.10. The maximum Gasteiger partial charge on any atom is 0.337 e. The molecule has 0 fully saturated rings. The minimum Gasteiger partial charge on any atom is -0.478 e. The lowest BCUT2D eigenvalue weighted by molar-refractivity contribution is 0.0600. The Bertz CT molecular complexity index is 1270. The van der Waals surface area contributed by atoms with E-state index in [1.165, 1.54) is 19.2 Å². The zero-order valence-electron chi connectivity index (χ0n) is 20.3. The molecule has 36 heavy (non-hydrogen) atoms. The van der Waals surface area contributed by atoms with E-state index in [-0.39, 0.29) is 23.4 Å². The van der Waals surface area contributed by atoms with Gasteiger partial charge >= 0.3 is 11.9 Å². The van der Waals surface area contributed by atoms with Crippen LogP contribution in [0.3, 0.4) is 0 Å². The van der Waals surface area contributed by atoms with Crippen molar-refractivity contribution in [2.75, 3.05) is 37.2 Å². The number of aromatic nitrogens is 3. The quantitative estimate of drug-likeness (QED) is 0.240. The third kappa shape index (κ3) is 7.03. The van der Waals surface area contributed by atoms with Crippen LogP contribution in [0.2, 0.25) is 0 Å².